The van der Waals surface area contributed by atoms with Crippen molar-refractivity contribution in [1.29, 1.82) is 0 Å². The monoisotopic (exact) mass is 807 g/mol. The summed E-state index contributed by atoms with van der Waals surface area (Å²) in [6, 6.07) is 31.0. The number of phenolic OH excluding ortho intramolecular Hbond substituents is 1. The van der Waals surface area contributed by atoms with Gasteiger partial charge in [0.15, 0.2) is 0 Å². The fourth-order valence-electron chi connectivity index (χ4n) is 7.68. The van der Waals surface area contributed by atoms with Gasteiger partial charge in [-0.1, -0.05) is 0 Å². The third-order valence-corrected chi connectivity index (χ3v) is 14.4. The minimum atomic E-state index is -0.238. The van der Waals surface area contributed by atoms with Gasteiger partial charge in [0.1, 0.15) is 0 Å². The summed E-state index contributed by atoms with van der Waals surface area (Å²) in [5.74, 6) is 0.345. The number of rotatable bonds is 4. The third kappa shape index (κ3) is 6.63. The molecule has 0 fully saturated rings. The molecule has 0 aliphatic rings. The van der Waals surface area contributed by atoms with Crippen molar-refractivity contribution in [3.63, 3.8) is 0 Å². The van der Waals surface area contributed by atoms with Gasteiger partial charge in [-0.25, -0.2) is 0 Å². The number of phenols is 1. The van der Waals surface area contributed by atoms with Gasteiger partial charge in [-0.2, -0.15) is 0 Å². The van der Waals surface area contributed by atoms with Crippen LogP contribution in [-0.4, -0.2) is 34.6 Å². The van der Waals surface area contributed by atoms with Gasteiger partial charge in [-0.05, 0) is 0 Å². The summed E-state index contributed by atoms with van der Waals surface area (Å²) in [7, 11) is 0. The Kier molecular flexibility index (Phi) is 9.00. The minimum absolute atomic E-state index is 0.0966. The Morgan fingerprint density at radius 1 is 0.618 bits per heavy atom. The van der Waals surface area contributed by atoms with Crippen LogP contribution in [0.15, 0.2) is 91.3 Å². The second kappa shape index (κ2) is 13.3. The molecule has 4 nitrogen and oxygen atoms in total. The summed E-state index contributed by atoms with van der Waals surface area (Å²) in [4.78, 5) is 15.3. The number of aromatic hydroxyl groups is 1. The van der Waals surface area contributed by atoms with E-state index in [4.69, 9.17) is 15.0 Å². The molecule has 0 bridgehead atoms. The third-order valence-electron chi connectivity index (χ3n) is 10.8. The molecule has 8 rings (SSSR count). The van der Waals surface area contributed by atoms with Crippen molar-refractivity contribution in [1.82, 2.24) is 15.0 Å². The molecule has 8 aromatic rings. The zero-order chi connectivity index (χ0) is 39.2. The van der Waals surface area contributed by atoms with Crippen LogP contribution in [0.4, 0.5) is 0 Å². The van der Waals surface area contributed by atoms with Crippen molar-refractivity contribution in [3.05, 3.63) is 119 Å². The van der Waals surface area contributed by atoms with Crippen molar-refractivity contribution in [2.75, 3.05) is 0 Å². The van der Waals surface area contributed by atoms with E-state index in [0.29, 0.717) is 5.75 Å². The van der Waals surface area contributed by atoms with Gasteiger partial charge in [0.05, 0.1) is 0 Å². The second-order valence-corrected chi connectivity index (χ2v) is 21.2. The van der Waals surface area contributed by atoms with Crippen molar-refractivity contribution in [3.8, 4) is 49.4 Å². The number of thiophene rings is 1. The van der Waals surface area contributed by atoms with Crippen molar-refractivity contribution in [2.45, 2.75) is 92.4 Å². The van der Waals surface area contributed by atoms with E-state index in [0.717, 1.165) is 59.2 Å². The molecular weight excluding hydrogens is 758 g/mol. The Labute approximate surface area is 335 Å². The first-order valence-corrected chi connectivity index (χ1v) is 21.6. The average molecular weight is 807 g/mol. The number of benzene rings is 5. The molecule has 3 aromatic heterocycles. The van der Waals surface area contributed by atoms with Crippen molar-refractivity contribution < 1.29 is 5.11 Å². The SMILES string of the molecule is Cc1cccc(C)c1-c1ccc(-c2cc(-c3ncnc4c3sc3ccccc34)cc(C(C)(C)C)c2)c2nc(-c3cc(C(C)(C)C)cc(C(C)(C)C)c3O)[se]c12. The Balaban J connectivity index is 1.43. The number of fused-ring (bicyclic) bond motifs is 4. The van der Waals surface area contributed by atoms with E-state index < -0.39 is 0 Å². The van der Waals surface area contributed by atoms with Gasteiger partial charge in [-0.3, -0.25) is 0 Å². The zero-order valence-electron chi connectivity index (χ0n) is 33.8. The summed E-state index contributed by atoms with van der Waals surface area (Å²) < 4.78 is 4.53. The standard InChI is InChI=1S/C49H49N3OSSe/c1-27-15-14-16-28(2)39(27)35-20-19-33(42-45(35)55-46(52-42)36-24-32(48(6,7)8)25-37(43(36)53)49(9,10)11)29-21-30(23-31(22-29)47(3,4)5)40-44-41(51-26-50-40)34-17-12-13-18-38(34)54-44/h12-26,53H,1-11H3. The van der Waals surface area contributed by atoms with Gasteiger partial charge < -0.3 is 0 Å². The molecular formula is C49H49N3OSSe. The molecule has 0 aliphatic carbocycles. The molecule has 0 amide bonds. The summed E-state index contributed by atoms with van der Waals surface area (Å²) in [5, 5.41) is 13.2. The molecule has 278 valence electrons. The van der Waals surface area contributed by atoms with Gasteiger partial charge in [-0.15, -0.1) is 0 Å². The van der Waals surface area contributed by atoms with Crippen LogP contribution in [0.5, 0.6) is 5.75 Å². The summed E-state index contributed by atoms with van der Waals surface area (Å²) >= 11 is 1.59. The maximum absolute atomic E-state index is 12.1. The molecule has 0 atom stereocenters. The van der Waals surface area contributed by atoms with E-state index in [9.17, 15) is 5.11 Å². The predicted octanol–water partition coefficient (Wildman–Crippen LogP) is 13.3. The molecule has 1 N–H and O–H groups in total. The normalized spacial score (nSPS) is 12.7. The zero-order valence-corrected chi connectivity index (χ0v) is 36.3. The van der Waals surface area contributed by atoms with Crippen LogP contribution in [0.25, 0.3) is 73.7 Å². The molecule has 6 heteroatoms. The van der Waals surface area contributed by atoms with Crippen LogP contribution in [0, 0.1) is 13.8 Å². The number of aromatic nitrogens is 3. The Morgan fingerprint density at radius 2 is 1.27 bits per heavy atom. The summed E-state index contributed by atoms with van der Waals surface area (Å²) in [5.41, 5.74) is 15.0. The van der Waals surface area contributed by atoms with Crippen LogP contribution in [-0.2, 0) is 16.2 Å². The second-order valence-electron chi connectivity index (χ2n) is 18.1. The van der Waals surface area contributed by atoms with Gasteiger partial charge in [0.2, 0.25) is 0 Å². The van der Waals surface area contributed by atoms with Crippen LogP contribution in [0.1, 0.15) is 90.1 Å². The first kappa shape index (κ1) is 37.3. The first-order valence-electron chi connectivity index (χ1n) is 19.1. The topological polar surface area (TPSA) is 58.9 Å². The molecule has 0 spiro atoms. The molecule has 5 aromatic carbocycles. The van der Waals surface area contributed by atoms with Crippen LogP contribution in [0.2, 0.25) is 0 Å². The number of hydrogen-bond donors (Lipinski definition) is 1. The van der Waals surface area contributed by atoms with Crippen LogP contribution >= 0.6 is 11.3 Å². The van der Waals surface area contributed by atoms with Gasteiger partial charge in [0, 0.05) is 0 Å². The molecule has 3 heterocycles. The molecule has 0 saturated carbocycles. The van der Waals surface area contributed by atoms with Gasteiger partial charge >= 0.3 is 337 Å². The Bertz CT molecular complexity index is 2780. The summed E-state index contributed by atoms with van der Waals surface area (Å²) in [6.45, 7) is 24.5. The van der Waals surface area contributed by atoms with Crippen LogP contribution in [0.3, 0.4) is 0 Å². The fourth-order valence-corrected chi connectivity index (χ4v) is 11.2. The first-order chi connectivity index (χ1) is 25.9. The fraction of sp³-hybridized carbons (Fsp3) is 0.286. The maximum atomic E-state index is 12.1. The number of aryl methyl sites for hydroxylation is 2. The predicted molar refractivity (Wildman–Crippen MR) is 236 cm³/mol. The molecule has 0 saturated heterocycles. The van der Waals surface area contributed by atoms with Crippen molar-refractivity contribution in [2.24, 2.45) is 0 Å². The Morgan fingerprint density at radius 3 is 1.96 bits per heavy atom. The van der Waals surface area contributed by atoms with Gasteiger partial charge in [0.25, 0.3) is 0 Å². The van der Waals surface area contributed by atoms with E-state index in [1.165, 1.54) is 42.3 Å². The average Bonchev–Trinajstić information content (AvgIpc) is 3.73. The van der Waals surface area contributed by atoms with Crippen LogP contribution < -0.4 is 0 Å². The molecule has 55 heavy (non-hydrogen) atoms. The number of nitrogens with zero attached hydrogens (tertiary/aromatic N) is 3. The van der Waals surface area contributed by atoms with E-state index >= 15 is 0 Å². The van der Waals surface area contributed by atoms with E-state index in [-0.39, 0.29) is 30.7 Å². The molecule has 0 unspecified atom stereocenters. The van der Waals surface area contributed by atoms with E-state index in [1.54, 1.807) is 17.7 Å². The van der Waals surface area contributed by atoms with E-state index in [1.807, 2.05) is 0 Å². The molecule has 0 aliphatic heterocycles. The quantitative estimate of drug-likeness (QED) is 0.180. The molecule has 0 radical (unpaired) electrons. The Hall–Kier alpha value is -4.61. The number of hydrogen-bond acceptors (Lipinski definition) is 5. The van der Waals surface area contributed by atoms with Crippen molar-refractivity contribution >= 4 is 55.9 Å². The summed E-state index contributed by atoms with van der Waals surface area (Å²) in [6.07, 6.45) is 1.71. The van der Waals surface area contributed by atoms with E-state index in [2.05, 4.69) is 161 Å².